The van der Waals surface area contributed by atoms with Crippen LogP contribution in [0.3, 0.4) is 0 Å². The highest BCUT2D eigenvalue weighted by molar-refractivity contribution is 9.10. The van der Waals surface area contributed by atoms with Crippen molar-refractivity contribution in [2.45, 2.75) is 20.8 Å². The highest BCUT2D eigenvalue weighted by atomic mass is 79.9. The summed E-state index contributed by atoms with van der Waals surface area (Å²) in [5.74, 6) is 0.534. The molecule has 1 aliphatic heterocycles. The molecule has 2 aromatic rings. The van der Waals surface area contributed by atoms with Gasteiger partial charge in [-0.15, -0.1) is 0 Å². The van der Waals surface area contributed by atoms with Crippen LogP contribution in [-0.4, -0.2) is 50.0 Å². The number of anilines is 2. The fourth-order valence-electron chi connectivity index (χ4n) is 3.75. The first-order valence-corrected chi connectivity index (χ1v) is 10.9. The number of para-hydroxylation sites is 2. The number of methoxy groups -OCH3 is 1. The molecule has 0 unspecified atom stereocenters. The molecule has 6 nitrogen and oxygen atoms in total. The zero-order chi connectivity index (χ0) is 21.8. The molecule has 1 heterocycles. The molecule has 1 aliphatic rings. The number of nitrogens with one attached hydrogen (secondary N) is 1. The maximum Gasteiger partial charge on any atom is 0.259 e. The maximum atomic E-state index is 13.1. The average Bonchev–Trinajstić information content (AvgIpc) is 2.73. The fraction of sp³-hybridized carbons (Fsp3) is 0.391. The molecule has 7 heteroatoms. The Kier molecular flexibility index (Phi) is 7.02. The van der Waals surface area contributed by atoms with Crippen molar-refractivity contribution < 1.29 is 14.3 Å². The Hall–Kier alpha value is -2.54. The predicted octanol–water partition coefficient (Wildman–Crippen LogP) is 4.32. The van der Waals surface area contributed by atoms with Crippen molar-refractivity contribution in [3.8, 4) is 5.75 Å². The SMILES string of the molecule is COc1c(C)cc(Br)cc1C(=O)Nc1ccccc1N1CCN(C(=O)C(C)C)CC1. The number of rotatable bonds is 5. The first kappa shape index (κ1) is 22.2. The molecule has 2 aromatic carbocycles. The van der Waals surface area contributed by atoms with E-state index in [1.54, 1.807) is 13.2 Å². The molecule has 30 heavy (non-hydrogen) atoms. The van der Waals surface area contributed by atoms with Crippen molar-refractivity contribution >= 4 is 39.1 Å². The van der Waals surface area contributed by atoms with E-state index in [1.807, 2.05) is 56.0 Å². The molecule has 1 saturated heterocycles. The second-order valence-corrected chi connectivity index (χ2v) is 8.66. The van der Waals surface area contributed by atoms with Gasteiger partial charge in [0.1, 0.15) is 5.75 Å². The molecule has 0 saturated carbocycles. The zero-order valence-electron chi connectivity index (χ0n) is 17.9. The molecule has 0 aromatic heterocycles. The summed E-state index contributed by atoms with van der Waals surface area (Å²) in [4.78, 5) is 29.5. The molecule has 0 radical (unpaired) electrons. The van der Waals surface area contributed by atoms with E-state index in [4.69, 9.17) is 4.74 Å². The number of hydrogen-bond donors (Lipinski definition) is 1. The number of ether oxygens (including phenoxy) is 1. The van der Waals surface area contributed by atoms with Crippen LogP contribution in [0.5, 0.6) is 5.75 Å². The highest BCUT2D eigenvalue weighted by Crippen LogP contribution is 2.31. The van der Waals surface area contributed by atoms with Gasteiger partial charge >= 0.3 is 0 Å². The third-order valence-corrected chi connectivity index (χ3v) is 5.72. The van der Waals surface area contributed by atoms with Crippen molar-refractivity contribution in [3.63, 3.8) is 0 Å². The molecule has 0 spiro atoms. The molecule has 0 aliphatic carbocycles. The zero-order valence-corrected chi connectivity index (χ0v) is 19.5. The van der Waals surface area contributed by atoms with Crippen LogP contribution in [0.2, 0.25) is 0 Å². The number of hydrogen-bond acceptors (Lipinski definition) is 4. The summed E-state index contributed by atoms with van der Waals surface area (Å²) in [7, 11) is 1.57. The second-order valence-electron chi connectivity index (χ2n) is 7.74. The third-order valence-electron chi connectivity index (χ3n) is 5.27. The fourth-order valence-corrected chi connectivity index (χ4v) is 4.32. The highest BCUT2D eigenvalue weighted by Gasteiger charge is 2.25. The number of benzene rings is 2. The van der Waals surface area contributed by atoms with Crippen molar-refractivity contribution in [2.75, 3.05) is 43.5 Å². The van der Waals surface area contributed by atoms with Crippen LogP contribution in [0.4, 0.5) is 11.4 Å². The molecule has 0 bridgehead atoms. The van der Waals surface area contributed by atoms with Gasteiger partial charge in [-0.3, -0.25) is 9.59 Å². The standard InChI is InChI=1S/C23H28BrN3O3/c1-15(2)23(29)27-11-9-26(10-12-27)20-8-6-5-7-19(20)25-22(28)18-14-17(24)13-16(3)21(18)30-4/h5-8,13-15H,9-12H2,1-4H3,(H,25,28). The third kappa shape index (κ3) is 4.78. The lowest BCUT2D eigenvalue weighted by Crippen LogP contribution is -2.50. The van der Waals surface area contributed by atoms with Crippen LogP contribution in [0.25, 0.3) is 0 Å². The lowest BCUT2D eigenvalue weighted by molar-refractivity contribution is -0.134. The molecule has 1 fully saturated rings. The van der Waals surface area contributed by atoms with Gasteiger partial charge in [0.15, 0.2) is 0 Å². The lowest BCUT2D eigenvalue weighted by atomic mass is 10.1. The molecule has 0 atom stereocenters. The first-order valence-electron chi connectivity index (χ1n) is 10.1. The molecule has 1 N–H and O–H groups in total. The monoisotopic (exact) mass is 473 g/mol. The van der Waals surface area contributed by atoms with Gasteiger partial charge in [-0.2, -0.15) is 0 Å². The predicted molar refractivity (Wildman–Crippen MR) is 123 cm³/mol. The Morgan fingerprint density at radius 3 is 2.40 bits per heavy atom. The first-order chi connectivity index (χ1) is 14.3. The summed E-state index contributed by atoms with van der Waals surface area (Å²) in [5.41, 5.74) is 3.06. The summed E-state index contributed by atoms with van der Waals surface area (Å²) in [5, 5.41) is 3.04. The van der Waals surface area contributed by atoms with Crippen LogP contribution >= 0.6 is 15.9 Å². The molecule has 3 rings (SSSR count). The Balaban J connectivity index is 1.79. The minimum Gasteiger partial charge on any atom is -0.496 e. The van der Waals surface area contributed by atoms with E-state index >= 15 is 0 Å². The Morgan fingerprint density at radius 2 is 1.77 bits per heavy atom. The number of carbonyl (C=O) groups excluding carboxylic acids is 2. The van der Waals surface area contributed by atoms with Crippen LogP contribution in [0, 0.1) is 12.8 Å². The van der Waals surface area contributed by atoms with Gasteiger partial charge in [0.2, 0.25) is 5.91 Å². The second kappa shape index (κ2) is 9.51. The van der Waals surface area contributed by atoms with E-state index in [-0.39, 0.29) is 17.7 Å². The van der Waals surface area contributed by atoms with E-state index in [0.717, 1.165) is 34.5 Å². The van der Waals surface area contributed by atoms with Crippen molar-refractivity contribution in [1.82, 2.24) is 4.90 Å². The minimum absolute atomic E-state index is 0.00626. The quantitative estimate of drug-likeness (QED) is 0.701. The van der Waals surface area contributed by atoms with Gasteiger partial charge in [0.25, 0.3) is 5.91 Å². The Labute approximate surface area is 186 Å². The molecule has 2 amide bonds. The van der Waals surface area contributed by atoms with E-state index in [2.05, 4.69) is 26.1 Å². The smallest absolute Gasteiger partial charge is 0.259 e. The number of carbonyl (C=O) groups is 2. The van der Waals surface area contributed by atoms with Crippen molar-refractivity contribution in [3.05, 3.63) is 52.0 Å². The van der Waals surface area contributed by atoms with E-state index in [1.165, 1.54) is 0 Å². The number of nitrogens with zero attached hydrogens (tertiary/aromatic N) is 2. The minimum atomic E-state index is -0.225. The lowest BCUT2D eigenvalue weighted by Gasteiger charge is -2.37. The number of halogens is 1. The Bertz CT molecular complexity index is 937. The van der Waals surface area contributed by atoms with Crippen LogP contribution in [-0.2, 0) is 4.79 Å². The van der Waals surface area contributed by atoms with Gasteiger partial charge in [0, 0.05) is 36.6 Å². The van der Waals surface area contributed by atoms with Crippen LogP contribution in [0.15, 0.2) is 40.9 Å². The maximum absolute atomic E-state index is 13.1. The largest absolute Gasteiger partial charge is 0.496 e. The topological polar surface area (TPSA) is 61.9 Å². The van der Waals surface area contributed by atoms with Gasteiger partial charge in [-0.25, -0.2) is 0 Å². The number of amides is 2. The number of piperazine rings is 1. The van der Waals surface area contributed by atoms with E-state index in [9.17, 15) is 9.59 Å². The summed E-state index contributed by atoms with van der Waals surface area (Å²) in [6, 6.07) is 11.4. The van der Waals surface area contributed by atoms with Gasteiger partial charge in [0.05, 0.1) is 24.0 Å². The van der Waals surface area contributed by atoms with E-state index in [0.29, 0.717) is 24.4 Å². The van der Waals surface area contributed by atoms with E-state index < -0.39 is 0 Å². The summed E-state index contributed by atoms with van der Waals surface area (Å²) in [6.07, 6.45) is 0. The van der Waals surface area contributed by atoms with Gasteiger partial charge in [-0.1, -0.05) is 41.9 Å². The van der Waals surface area contributed by atoms with Gasteiger partial charge < -0.3 is 19.9 Å². The Morgan fingerprint density at radius 1 is 1.10 bits per heavy atom. The van der Waals surface area contributed by atoms with Crippen molar-refractivity contribution in [1.29, 1.82) is 0 Å². The summed E-state index contributed by atoms with van der Waals surface area (Å²) >= 11 is 3.46. The van der Waals surface area contributed by atoms with Gasteiger partial charge in [-0.05, 0) is 36.8 Å². The number of aryl methyl sites for hydroxylation is 1. The normalized spacial score (nSPS) is 14.1. The summed E-state index contributed by atoms with van der Waals surface area (Å²) < 4.78 is 6.28. The molecular weight excluding hydrogens is 446 g/mol. The van der Waals surface area contributed by atoms with Crippen LogP contribution in [0.1, 0.15) is 29.8 Å². The van der Waals surface area contributed by atoms with Crippen molar-refractivity contribution in [2.24, 2.45) is 5.92 Å². The van der Waals surface area contributed by atoms with Crippen LogP contribution < -0.4 is 15.0 Å². The molecular formula is C23H28BrN3O3. The average molecular weight is 474 g/mol. The molecule has 160 valence electrons. The summed E-state index contributed by atoms with van der Waals surface area (Å²) in [6.45, 7) is 8.58.